The van der Waals surface area contributed by atoms with Gasteiger partial charge in [-0.05, 0) is 42.3 Å². The van der Waals surface area contributed by atoms with Crippen LogP contribution in [-0.4, -0.2) is 18.4 Å². The molecule has 0 saturated carbocycles. The van der Waals surface area contributed by atoms with E-state index in [4.69, 9.17) is 4.74 Å². The Morgan fingerprint density at radius 3 is 2.52 bits per heavy atom. The lowest BCUT2D eigenvalue weighted by Crippen LogP contribution is -2.09. The average Bonchev–Trinajstić information content (AvgIpc) is 2.72. The van der Waals surface area contributed by atoms with Crippen LogP contribution in [0.3, 0.4) is 0 Å². The molecule has 0 saturated heterocycles. The molecule has 2 heterocycles. The number of benzene rings is 2. The van der Waals surface area contributed by atoms with Crippen molar-refractivity contribution in [1.29, 1.82) is 0 Å². The summed E-state index contributed by atoms with van der Waals surface area (Å²) in [5.74, 6) is 0.409. The minimum absolute atomic E-state index is 0.102. The summed E-state index contributed by atoms with van der Waals surface area (Å²) < 4.78 is 32.4. The quantitative estimate of drug-likeness (QED) is 0.547. The lowest BCUT2D eigenvalue weighted by atomic mass is 10.2. The van der Waals surface area contributed by atoms with Crippen LogP contribution >= 0.6 is 0 Å². The van der Waals surface area contributed by atoms with E-state index in [-0.39, 0.29) is 15.4 Å². The monoisotopic (exact) mass is 406 g/mol. The normalized spacial score (nSPS) is 11.5. The average molecular weight is 406 g/mol. The number of nitrogens with one attached hydrogen (secondary N) is 1. The third-order valence-electron chi connectivity index (χ3n) is 4.60. The number of hydrogen-bond acceptors (Lipinski definition) is 5. The Hall–Kier alpha value is -3.45. The van der Waals surface area contributed by atoms with E-state index in [1.54, 1.807) is 13.0 Å². The third kappa shape index (κ3) is 3.64. The maximum absolute atomic E-state index is 13.3. The van der Waals surface area contributed by atoms with Gasteiger partial charge in [-0.1, -0.05) is 30.3 Å². The Morgan fingerprint density at radius 2 is 1.76 bits per heavy atom. The van der Waals surface area contributed by atoms with Crippen LogP contribution in [0.25, 0.3) is 10.9 Å². The lowest BCUT2D eigenvalue weighted by molar-refractivity contribution is 0.309. The Balaban J connectivity index is 1.84. The summed E-state index contributed by atoms with van der Waals surface area (Å²) in [6, 6.07) is 17.0. The highest BCUT2D eigenvalue weighted by molar-refractivity contribution is 7.91. The summed E-state index contributed by atoms with van der Waals surface area (Å²) >= 11 is 0. The topological polar surface area (TPSA) is 89.1 Å². The third-order valence-corrected chi connectivity index (χ3v) is 6.57. The van der Waals surface area contributed by atoms with Crippen LogP contribution in [0.2, 0.25) is 0 Å². The first-order valence-electron chi connectivity index (χ1n) is 8.95. The van der Waals surface area contributed by atoms with Gasteiger partial charge in [-0.25, -0.2) is 8.42 Å². The first-order valence-corrected chi connectivity index (χ1v) is 10.4. The van der Waals surface area contributed by atoms with E-state index in [0.717, 1.165) is 5.56 Å². The van der Waals surface area contributed by atoms with Crippen molar-refractivity contribution < 1.29 is 13.2 Å². The number of aromatic nitrogens is 2. The zero-order valence-corrected chi connectivity index (χ0v) is 16.4. The first-order chi connectivity index (χ1) is 14.0. The molecule has 2 aromatic heterocycles. The highest BCUT2D eigenvalue weighted by atomic mass is 32.2. The van der Waals surface area contributed by atoms with Gasteiger partial charge in [-0.15, -0.1) is 0 Å². The summed E-state index contributed by atoms with van der Waals surface area (Å²) in [5.41, 5.74) is 1.52. The van der Waals surface area contributed by atoms with Gasteiger partial charge in [0.05, 0.1) is 15.3 Å². The molecule has 4 aromatic rings. The molecule has 0 radical (unpaired) electrons. The minimum Gasteiger partial charge on any atom is -0.487 e. The fraction of sp³-hybridized carbons (Fsp3) is 0.0909. The largest absolute Gasteiger partial charge is 0.487 e. The van der Waals surface area contributed by atoms with Gasteiger partial charge < -0.3 is 9.72 Å². The molecule has 0 bridgehead atoms. The van der Waals surface area contributed by atoms with Gasteiger partial charge >= 0.3 is 0 Å². The van der Waals surface area contributed by atoms with Gasteiger partial charge in [0.25, 0.3) is 0 Å². The second kappa shape index (κ2) is 7.52. The number of nitrogens with zero attached hydrogens (tertiary/aromatic N) is 1. The molecule has 1 N–H and O–H groups in total. The highest BCUT2D eigenvalue weighted by Gasteiger charge is 2.23. The number of ether oxygens (including phenoxy) is 1. The van der Waals surface area contributed by atoms with Crippen LogP contribution in [0.15, 0.2) is 87.6 Å². The molecule has 146 valence electrons. The SMILES string of the molecule is Cc1cnccc1S(=O)(=O)c1ccc(OCc2ccccc2)c2[nH]c(=O)ccc12. The van der Waals surface area contributed by atoms with Crippen LogP contribution in [0, 0.1) is 6.92 Å². The number of hydrogen-bond donors (Lipinski definition) is 1. The van der Waals surface area contributed by atoms with Crippen molar-refractivity contribution in [3.63, 3.8) is 0 Å². The molecule has 4 rings (SSSR count). The molecule has 0 amide bonds. The van der Waals surface area contributed by atoms with Crippen LogP contribution in [0.4, 0.5) is 0 Å². The number of fused-ring (bicyclic) bond motifs is 1. The van der Waals surface area contributed by atoms with Crippen molar-refractivity contribution in [2.75, 3.05) is 0 Å². The molecule has 29 heavy (non-hydrogen) atoms. The van der Waals surface area contributed by atoms with E-state index in [9.17, 15) is 13.2 Å². The second-order valence-corrected chi connectivity index (χ2v) is 8.48. The molecular formula is C22H18N2O4S. The maximum Gasteiger partial charge on any atom is 0.248 e. The molecule has 0 unspecified atom stereocenters. The Bertz CT molecular complexity index is 1350. The van der Waals surface area contributed by atoms with E-state index < -0.39 is 9.84 Å². The Morgan fingerprint density at radius 1 is 0.966 bits per heavy atom. The number of aryl methyl sites for hydroxylation is 1. The van der Waals surface area contributed by atoms with Gasteiger partial charge in [0.15, 0.2) is 0 Å². The van der Waals surface area contributed by atoms with Crippen LogP contribution in [-0.2, 0) is 16.4 Å². The molecular weight excluding hydrogens is 388 g/mol. The zero-order valence-electron chi connectivity index (χ0n) is 15.6. The number of sulfone groups is 1. The van der Waals surface area contributed by atoms with Crippen molar-refractivity contribution >= 4 is 20.7 Å². The van der Waals surface area contributed by atoms with E-state index in [1.807, 2.05) is 30.3 Å². The van der Waals surface area contributed by atoms with Gasteiger partial charge in [0, 0.05) is 23.8 Å². The minimum atomic E-state index is -3.81. The van der Waals surface area contributed by atoms with Crippen LogP contribution in [0.5, 0.6) is 5.75 Å². The zero-order chi connectivity index (χ0) is 20.4. The fourth-order valence-electron chi connectivity index (χ4n) is 3.17. The second-order valence-electron chi connectivity index (χ2n) is 6.59. The van der Waals surface area contributed by atoms with E-state index in [1.165, 1.54) is 36.7 Å². The molecule has 6 nitrogen and oxygen atoms in total. The lowest BCUT2D eigenvalue weighted by Gasteiger charge is -2.13. The molecule has 2 aromatic carbocycles. The molecule has 0 spiro atoms. The van der Waals surface area contributed by atoms with E-state index in [2.05, 4.69) is 9.97 Å². The molecule has 0 fully saturated rings. The summed E-state index contributed by atoms with van der Waals surface area (Å²) in [7, 11) is -3.81. The summed E-state index contributed by atoms with van der Waals surface area (Å²) in [4.78, 5) is 18.9. The smallest absolute Gasteiger partial charge is 0.248 e. The van der Waals surface area contributed by atoms with Crippen molar-refractivity contribution in [2.24, 2.45) is 0 Å². The number of rotatable bonds is 5. The van der Waals surface area contributed by atoms with Gasteiger partial charge in [-0.3, -0.25) is 9.78 Å². The van der Waals surface area contributed by atoms with Gasteiger partial charge in [0.1, 0.15) is 12.4 Å². The summed E-state index contributed by atoms with van der Waals surface area (Å²) in [5, 5.41) is 0.395. The Kier molecular flexibility index (Phi) is 4.90. The van der Waals surface area contributed by atoms with Crippen LogP contribution in [0.1, 0.15) is 11.1 Å². The van der Waals surface area contributed by atoms with Gasteiger partial charge in [-0.2, -0.15) is 0 Å². The summed E-state index contributed by atoms with van der Waals surface area (Å²) in [6.07, 6.45) is 2.95. The van der Waals surface area contributed by atoms with Crippen molar-refractivity contribution in [1.82, 2.24) is 9.97 Å². The highest BCUT2D eigenvalue weighted by Crippen LogP contribution is 2.33. The van der Waals surface area contributed by atoms with Crippen LogP contribution < -0.4 is 10.3 Å². The van der Waals surface area contributed by atoms with Crippen molar-refractivity contribution in [3.05, 3.63) is 94.5 Å². The molecule has 0 aliphatic heterocycles. The maximum atomic E-state index is 13.3. The summed E-state index contributed by atoms with van der Waals surface area (Å²) in [6.45, 7) is 1.99. The van der Waals surface area contributed by atoms with Gasteiger partial charge in [0.2, 0.25) is 15.4 Å². The standard InChI is InChI=1S/C22H18N2O4S/c1-15-13-23-12-11-19(15)29(26,27)20-9-8-18(22-17(20)7-10-21(25)24-22)28-14-16-5-3-2-4-6-16/h2-13H,14H2,1H3,(H,24,25). The molecule has 0 aliphatic carbocycles. The number of H-pyrrole nitrogens is 1. The van der Waals surface area contributed by atoms with Crippen molar-refractivity contribution in [2.45, 2.75) is 23.3 Å². The molecule has 7 heteroatoms. The fourth-order valence-corrected chi connectivity index (χ4v) is 4.83. The molecule has 0 aliphatic rings. The Labute approximate surface area is 167 Å². The predicted molar refractivity (Wildman–Crippen MR) is 110 cm³/mol. The number of aromatic amines is 1. The van der Waals surface area contributed by atoms with E-state index in [0.29, 0.717) is 28.8 Å². The number of pyridine rings is 2. The first kappa shape index (κ1) is 18.9. The van der Waals surface area contributed by atoms with Crippen molar-refractivity contribution in [3.8, 4) is 5.75 Å². The predicted octanol–water partition coefficient (Wildman–Crippen LogP) is 3.64. The van der Waals surface area contributed by atoms with E-state index >= 15 is 0 Å². The molecule has 0 atom stereocenters.